The van der Waals surface area contributed by atoms with Gasteiger partial charge in [-0.15, -0.1) is 0 Å². The maximum absolute atomic E-state index is 5.05. The van der Waals surface area contributed by atoms with Crippen LogP contribution in [0, 0.1) is 0 Å². The van der Waals surface area contributed by atoms with Gasteiger partial charge in [0, 0.05) is 105 Å². The van der Waals surface area contributed by atoms with E-state index < -0.39 is 0 Å². The second-order valence-electron chi connectivity index (χ2n) is 9.24. The summed E-state index contributed by atoms with van der Waals surface area (Å²) in [6, 6.07) is 12.6. The zero-order valence-electron chi connectivity index (χ0n) is 21.6. The van der Waals surface area contributed by atoms with Gasteiger partial charge in [-0.05, 0) is 24.3 Å². The van der Waals surface area contributed by atoms with Gasteiger partial charge in [0.15, 0.2) is 0 Å². The molecule has 0 radical (unpaired) electrons. The molecule has 0 aliphatic carbocycles. The Labute approximate surface area is 216 Å². The molecule has 2 aromatic heterocycles. The van der Waals surface area contributed by atoms with Gasteiger partial charge in [-0.1, -0.05) is 12.1 Å². The predicted molar refractivity (Wildman–Crippen MR) is 149 cm³/mol. The highest BCUT2D eigenvalue weighted by Crippen LogP contribution is 2.22. The van der Waals surface area contributed by atoms with Crippen LogP contribution in [0.2, 0.25) is 0 Å². The van der Waals surface area contributed by atoms with Gasteiger partial charge in [0.1, 0.15) is 11.6 Å². The Morgan fingerprint density at radius 3 is 1.06 bits per heavy atom. The van der Waals surface area contributed by atoms with Gasteiger partial charge < -0.3 is 41.7 Å². The van der Waals surface area contributed by atoms with Crippen LogP contribution in [0.3, 0.4) is 0 Å². The first-order valence-electron chi connectivity index (χ1n) is 13.6. The Kier molecular flexibility index (Phi) is 11.7. The number of nitrogens with zero attached hydrogens (tertiary/aromatic N) is 4. The average Bonchev–Trinajstić information content (AvgIpc) is 2.90. The Bertz CT molecular complexity index is 784. The van der Waals surface area contributed by atoms with E-state index in [-0.39, 0.29) is 0 Å². The van der Waals surface area contributed by atoms with Gasteiger partial charge in [-0.25, -0.2) is 9.97 Å². The maximum Gasteiger partial charge on any atom is 0.129 e. The molecule has 10 heteroatoms. The van der Waals surface area contributed by atoms with Crippen molar-refractivity contribution < 1.29 is 0 Å². The highest BCUT2D eigenvalue weighted by atomic mass is 15.2. The Balaban J connectivity index is 1.46. The van der Waals surface area contributed by atoms with Crippen LogP contribution in [0.25, 0.3) is 11.4 Å². The summed E-state index contributed by atoms with van der Waals surface area (Å²) >= 11 is 0. The van der Waals surface area contributed by atoms with Crippen molar-refractivity contribution in [1.82, 2.24) is 41.9 Å². The van der Waals surface area contributed by atoms with Crippen LogP contribution in [-0.2, 0) is 0 Å². The molecule has 6 N–H and O–H groups in total. The number of anilines is 2. The molecule has 0 bridgehead atoms. The zero-order chi connectivity index (χ0) is 24.7. The monoisotopic (exact) mass is 496 g/mol. The number of aromatic nitrogens is 2. The lowest BCUT2D eigenvalue weighted by Gasteiger charge is -2.26. The molecule has 2 aromatic rings. The minimum atomic E-state index is 0.919. The second kappa shape index (κ2) is 15.7. The molecule has 0 saturated carbocycles. The van der Waals surface area contributed by atoms with E-state index in [4.69, 9.17) is 9.97 Å². The van der Waals surface area contributed by atoms with Gasteiger partial charge in [0.2, 0.25) is 0 Å². The first kappa shape index (κ1) is 26.7. The van der Waals surface area contributed by atoms with Crippen LogP contribution in [0.4, 0.5) is 11.6 Å². The maximum atomic E-state index is 5.05. The van der Waals surface area contributed by atoms with Crippen LogP contribution in [0.5, 0.6) is 0 Å². The summed E-state index contributed by atoms with van der Waals surface area (Å²) in [6.45, 7) is 15.4. The lowest BCUT2D eigenvalue weighted by atomic mass is 10.2. The summed E-state index contributed by atoms with van der Waals surface area (Å²) in [5, 5.41) is 21.0. The van der Waals surface area contributed by atoms with Crippen LogP contribution >= 0.6 is 0 Å². The van der Waals surface area contributed by atoms with Crippen molar-refractivity contribution in [1.29, 1.82) is 0 Å². The Morgan fingerprint density at radius 1 is 0.417 bits per heavy atom. The second-order valence-corrected chi connectivity index (χ2v) is 9.24. The van der Waals surface area contributed by atoms with E-state index in [2.05, 4.69) is 78.1 Å². The van der Waals surface area contributed by atoms with Crippen LogP contribution < -0.4 is 41.7 Å². The van der Waals surface area contributed by atoms with Crippen LogP contribution in [-0.4, -0.2) is 115 Å². The molecule has 2 fully saturated rings. The Morgan fingerprint density at radius 2 is 0.722 bits per heavy atom. The van der Waals surface area contributed by atoms with E-state index in [9.17, 15) is 0 Å². The molecule has 4 heterocycles. The topological polar surface area (TPSA) is 104 Å². The fourth-order valence-corrected chi connectivity index (χ4v) is 4.48. The van der Waals surface area contributed by atoms with Crippen molar-refractivity contribution in [3.05, 3.63) is 36.4 Å². The largest absolute Gasteiger partial charge is 0.354 e. The van der Waals surface area contributed by atoms with Gasteiger partial charge in [0.25, 0.3) is 0 Å². The van der Waals surface area contributed by atoms with Gasteiger partial charge >= 0.3 is 0 Å². The molecule has 0 spiro atoms. The van der Waals surface area contributed by atoms with E-state index in [0.717, 1.165) is 128 Å². The van der Waals surface area contributed by atoms with Gasteiger partial charge in [-0.3, -0.25) is 0 Å². The normalized spacial score (nSPS) is 20.4. The van der Waals surface area contributed by atoms with Crippen molar-refractivity contribution in [3.63, 3.8) is 0 Å². The van der Waals surface area contributed by atoms with Crippen molar-refractivity contribution in [2.45, 2.75) is 0 Å². The minimum absolute atomic E-state index is 0.919. The van der Waals surface area contributed by atoms with Crippen molar-refractivity contribution in [2.24, 2.45) is 0 Å². The summed E-state index contributed by atoms with van der Waals surface area (Å²) in [5.41, 5.74) is 1.84. The molecule has 2 aliphatic rings. The fourth-order valence-electron chi connectivity index (χ4n) is 4.48. The molecule has 0 unspecified atom stereocenters. The number of pyridine rings is 2. The predicted octanol–water partition coefficient (Wildman–Crippen LogP) is -0.679. The summed E-state index contributed by atoms with van der Waals surface area (Å²) in [4.78, 5) is 14.8. The molecule has 198 valence electrons. The smallest absolute Gasteiger partial charge is 0.129 e. The van der Waals surface area contributed by atoms with Crippen molar-refractivity contribution >= 4 is 11.6 Å². The SMILES string of the molecule is c1cc(-c2cccc(N3CCNCCNCCNCC3)n2)nc(N2CCNCCNCCNCC2)c1. The molecule has 36 heavy (non-hydrogen) atoms. The molecular formula is C26H44N10. The van der Waals surface area contributed by atoms with Crippen LogP contribution in [0.15, 0.2) is 36.4 Å². The standard InChI is InChI=1S/C26H44N10/c1-3-23(33-25(5-1)35-19-15-29-11-7-27-8-12-30-16-20-35)24-4-2-6-26(34-24)36-21-17-31-13-9-28-10-14-32-18-22-36/h1-6,27-32H,7-22H2. The van der Waals surface area contributed by atoms with Gasteiger partial charge in [-0.2, -0.15) is 0 Å². The number of hydrogen-bond acceptors (Lipinski definition) is 10. The third kappa shape index (κ3) is 8.95. The van der Waals surface area contributed by atoms with E-state index in [0.29, 0.717) is 0 Å². The van der Waals surface area contributed by atoms with E-state index in [1.807, 2.05) is 0 Å². The van der Waals surface area contributed by atoms with Crippen molar-refractivity contribution in [3.8, 4) is 11.4 Å². The third-order valence-corrected chi connectivity index (χ3v) is 6.53. The summed E-state index contributed by atoms with van der Waals surface area (Å²) in [5.74, 6) is 2.01. The lowest BCUT2D eigenvalue weighted by molar-refractivity contribution is 0.556. The quantitative estimate of drug-likeness (QED) is 0.328. The molecular weight excluding hydrogens is 452 g/mol. The highest BCUT2D eigenvalue weighted by Gasteiger charge is 2.13. The number of rotatable bonds is 3. The third-order valence-electron chi connectivity index (χ3n) is 6.53. The summed E-state index contributed by atoms with van der Waals surface area (Å²) < 4.78 is 0. The van der Waals surface area contributed by atoms with Crippen LogP contribution in [0.1, 0.15) is 0 Å². The molecule has 0 aromatic carbocycles. The molecule has 10 nitrogen and oxygen atoms in total. The van der Waals surface area contributed by atoms with E-state index >= 15 is 0 Å². The molecule has 4 rings (SSSR count). The van der Waals surface area contributed by atoms with E-state index in [1.54, 1.807) is 0 Å². The molecule has 0 amide bonds. The molecule has 2 saturated heterocycles. The highest BCUT2D eigenvalue weighted by molar-refractivity contribution is 5.60. The summed E-state index contributed by atoms with van der Waals surface area (Å²) in [6.07, 6.45) is 0. The number of nitrogens with one attached hydrogen (secondary N) is 6. The lowest BCUT2D eigenvalue weighted by Crippen LogP contribution is -2.42. The summed E-state index contributed by atoms with van der Waals surface area (Å²) in [7, 11) is 0. The minimum Gasteiger partial charge on any atom is -0.354 e. The molecule has 2 aliphatic heterocycles. The van der Waals surface area contributed by atoms with Gasteiger partial charge in [0.05, 0.1) is 11.4 Å². The fraction of sp³-hybridized carbons (Fsp3) is 0.615. The Hall–Kier alpha value is -2.34. The molecule has 0 atom stereocenters. The first-order valence-corrected chi connectivity index (χ1v) is 13.6. The zero-order valence-corrected chi connectivity index (χ0v) is 21.6. The number of hydrogen-bond donors (Lipinski definition) is 6. The van der Waals surface area contributed by atoms with E-state index in [1.165, 1.54) is 0 Å². The first-order chi connectivity index (χ1) is 17.9. The average molecular weight is 497 g/mol. The van der Waals surface area contributed by atoms with Crippen molar-refractivity contribution in [2.75, 3.05) is 115 Å².